The number of carbonyl (C=O) groups is 3. The molecule has 0 aromatic heterocycles. The first-order valence-corrected chi connectivity index (χ1v) is 32.3. The van der Waals surface area contributed by atoms with Crippen LogP contribution < -0.4 is 0 Å². The molecule has 6 heteroatoms. The molecule has 0 rings (SSSR count). The zero-order valence-corrected chi connectivity index (χ0v) is 51.7. The van der Waals surface area contributed by atoms with Gasteiger partial charge in [0, 0.05) is 19.3 Å². The van der Waals surface area contributed by atoms with Gasteiger partial charge >= 0.3 is 17.9 Å². The monoisotopic (exact) mass is 1110 g/mol. The second-order valence-electron chi connectivity index (χ2n) is 20.5. The lowest BCUT2D eigenvalue weighted by Crippen LogP contribution is -2.30. The molecule has 452 valence electrons. The van der Waals surface area contributed by atoms with E-state index in [4.69, 9.17) is 14.2 Å². The highest BCUT2D eigenvalue weighted by atomic mass is 16.6. The number of ether oxygens (including phenoxy) is 3. The number of esters is 3. The van der Waals surface area contributed by atoms with Gasteiger partial charge in [0.15, 0.2) is 6.10 Å². The van der Waals surface area contributed by atoms with Gasteiger partial charge < -0.3 is 14.2 Å². The molecule has 1 unspecified atom stereocenters. The van der Waals surface area contributed by atoms with Gasteiger partial charge in [-0.15, -0.1) is 0 Å². The van der Waals surface area contributed by atoms with Gasteiger partial charge in [-0.1, -0.05) is 261 Å². The van der Waals surface area contributed by atoms with Crippen LogP contribution in [0.3, 0.4) is 0 Å². The minimum atomic E-state index is -0.817. The Labute approximate surface area is 497 Å². The van der Waals surface area contributed by atoms with Crippen LogP contribution in [0.15, 0.2) is 182 Å². The molecule has 0 fully saturated rings. The number of allylic oxidation sites excluding steroid dienone is 30. The topological polar surface area (TPSA) is 78.9 Å². The number of hydrogen-bond acceptors (Lipinski definition) is 6. The molecular formula is C75H116O6. The highest BCUT2D eigenvalue weighted by Crippen LogP contribution is 2.14. The Morgan fingerprint density at radius 2 is 0.444 bits per heavy atom. The van der Waals surface area contributed by atoms with Crippen molar-refractivity contribution in [2.24, 2.45) is 0 Å². The molecule has 0 aromatic carbocycles. The van der Waals surface area contributed by atoms with E-state index in [1.54, 1.807) is 0 Å². The average molecular weight is 1110 g/mol. The Kier molecular flexibility index (Phi) is 62.5. The van der Waals surface area contributed by atoms with E-state index in [0.717, 1.165) is 193 Å². The highest BCUT2D eigenvalue weighted by molar-refractivity contribution is 5.71. The molecule has 1 atom stereocenters. The fraction of sp³-hybridized carbons (Fsp3) is 0.560. The minimum absolute atomic E-state index is 0.112. The minimum Gasteiger partial charge on any atom is -0.462 e. The molecule has 81 heavy (non-hydrogen) atoms. The van der Waals surface area contributed by atoms with Crippen LogP contribution >= 0.6 is 0 Å². The molecule has 0 aliphatic rings. The number of unbranched alkanes of at least 4 members (excludes halogenated alkanes) is 15. The molecule has 6 nitrogen and oxygen atoms in total. The molecule has 0 radical (unpaired) electrons. The Hall–Kier alpha value is -5.49. The van der Waals surface area contributed by atoms with Gasteiger partial charge in [-0.25, -0.2) is 0 Å². The second kappa shape index (κ2) is 67.0. The molecule has 0 N–H and O–H groups in total. The smallest absolute Gasteiger partial charge is 0.306 e. The van der Waals surface area contributed by atoms with E-state index in [0.29, 0.717) is 19.3 Å². The van der Waals surface area contributed by atoms with Crippen LogP contribution in [-0.4, -0.2) is 37.2 Å². The lowest BCUT2D eigenvalue weighted by Gasteiger charge is -2.18. The second-order valence-corrected chi connectivity index (χ2v) is 20.5. The lowest BCUT2D eigenvalue weighted by molar-refractivity contribution is -0.167. The molecule has 0 amide bonds. The van der Waals surface area contributed by atoms with Crippen LogP contribution in [0.2, 0.25) is 0 Å². The third-order valence-corrected chi connectivity index (χ3v) is 12.9. The molecule has 0 spiro atoms. The normalized spacial score (nSPS) is 13.4. The summed E-state index contributed by atoms with van der Waals surface area (Å²) in [6, 6.07) is 0. The number of carbonyl (C=O) groups excluding carboxylic acids is 3. The molecular weight excluding hydrogens is 997 g/mol. The summed E-state index contributed by atoms with van der Waals surface area (Å²) >= 11 is 0. The predicted molar refractivity (Wildman–Crippen MR) is 352 cm³/mol. The summed E-state index contributed by atoms with van der Waals surface area (Å²) in [5, 5.41) is 0. The fourth-order valence-corrected chi connectivity index (χ4v) is 8.17. The Balaban J connectivity index is 4.46. The zero-order chi connectivity index (χ0) is 58.5. The number of hydrogen-bond donors (Lipinski definition) is 0. The SMILES string of the molecule is CC/C=C\C/C=C\C/C=C\C/C=C\C/C=C\C/C=C\C/C=C\CCCCCCCC(=O)OCC(COC(=O)CCCCC/C=C\C/C=C\C/C=C\CC)OC(=O)CCCCCCCCC/C=C\C/C=C\C/C=C\C/C=C\C/C=C\CC. The molecule has 0 aliphatic carbocycles. The standard InChI is InChI=1S/C75H116O6/c1-4-7-10-13-16-19-22-25-27-29-31-33-35-36-37-38-40-41-43-45-47-50-53-56-59-62-65-68-74(77)80-71-72(70-79-73(76)67-64-61-58-55-52-49-24-21-18-15-12-9-6-3)81-75(78)69-66-63-60-57-54-51-48-46-44-42-39-34-32-30-28-26-23-20-17-14-11-8-5-2/h7-12,16-21,25-28,31-34,36-37,40-42,44-45,47,49,52,72H,4-6,13-15,22-24,29-30,35,38-39,43,46,48,50-51,53-71H2,1-3H3/b10-7-,11-8-,12-9-,19-16-,20-17-,21-18-,27-25-,28-26-,33-31-,34-32-,37-36-,41-40-,44-42-,47-45-,52-49-. The van der Waals surface area contributed by atoms with Crippen LogP contribution in [0.4, 0.5) is 0 Å². The quantitative estimate of drug-likeness (QED) is 0.0261. The van der Waals surface area contributed by atoms with Crippen LogP contribution in [0.1, 0.15) is 252 Å². The maximum absolute atomic E-state index is 12.9. The number of rotatable bonds is 56. The lowest BCUT2D eigenvalue weighted by atomic mass is 10.1. The predicted octanol–water partition coefficient (Wildman–Crippen LogP) is 22.4. The Bertz CT molecular complexity index is 1900. The fourth-order valence-electron chi connectivity index (χ4n) is 8.17. The Morgan fingerprint density at radius 1 is 0.247 bits per heavy atom. The van der Waals surface area contributed by atoms with Crippen LogP contribution in [0.5, 0.6) is 0 Å². The van der Waals surface area contributed by atoms with Crippen molar-refractivity contribution in [2.75, 3.05) is 13.2 Å². The van der Waals surface area contributed by atoms with Crippen molar-refractivity contribution in [3.8, 4) is 0 Å². The van der Waals surface area contributed by atoms with Crippen molar-refractivity contribution in [1.29, 1.82) is 0 Å². The first-order chi connectivity index (χ1) is 40.0. The van der Waals surface area contributed by atoms with Crippen molar-refractivity contribution in [3.63, 3.8) is 0 Å². The summed E-state index contributed by atoms with van der Waals surface area (Å²) < 4.78 is 16.9. The van der Waals surface area contributed by atoms with E-state index in [-0.39, 0.29) is 31.1 Å². The van der Waals surface area contributed by atoms with Gasteiger partial charge in [0.25, 0.3) is 0 Å². The van der Waals surface area contributed by atoms with Crippen LogP contribution in [-0.2, 0) is 28.6 Å². The van der Waals surface area contributed by atoms with Crippen molar-refractivity contribution in [2.45, 2.75) is 258 Å². The molecule has 0 heterocycles. The molecule has 0 saturated carbocycles. The summed E-state index contributed by atoms with van der Waals surface area (Å²) in [6.07, 6.45) is 100. The summed E-state index contributed by atoms with van der Waals surface area (Å²) in [5.74, 6) is -0.977. The molecule has 0 aliphatic heterocycles. The molecule has 0 aromatic rings. The van der Waals surface area contributed by atoms with E-state index in [9.17, 15) is 14.4 Å². The van der Waals surface area contributed by atoms with Crippen LogP contribution in [0, 0.1) is 0 Å². The third-order valence-electron chi connectivity index (χ3n) is 12.9. The van der Waals surface area contributed by atoms with Gasteiger partial charge in [-0.3, -0.25) is 14.4 Å². The largest absolute Gasteiger partial charge is 0.462 e. The van der Waals surface area contributed by atoms with E-state index in [1.165, 1.54) is 19.3 Å². The maximum atomic E-state index is 12.9. The summed E-state index contributed by atoms with van der Waals surface area (Å²) in [6.45, 7) is 6.24. The molecule has 0 bridgehead atoms. The van der Waals surface area contributed by atoms with Gasteiger partial charge in [-0.2, -0.15) is 0 Å². The van der Waals surface area contributed by atoms with E-state index in [2.05, 4.69) is 203 Å². The first-order valence-electron chi connectivity index (χ1n) is 32.3. The summed E-state index contributed by atoms with van der Waals surface area (Å²) in [7, 11) is 0. The van der Waals surface area contributed by atoms with E-state index >= 15 is 0 Å². The summed E-state index contributed by atoms with van der Waals surface area (Å²) in [5.41, 5.74) is 0. The molecule has 0 saturated heterocycles. The van der Waals surface area contributed by atoms with Crippen molar-refractivity contribution >= 4 is 17.9 Å². The van der Waals surface area contributed by atoms with Gasteiger partial charge in [-0.05, 0) is 154 Å². The van der Waals surface area contributed by atoms with Crippen LogP contribution in [0.25, 0.3) is 0 Å². The van der Waals surface area contributed by atoms with Gasteiger partial charge in [0.2, 0.25) is 0 Å². The first kappa shape index (κ1) is 75.5. The highest BCUT2D eigenvalue weighted by Gasteiger charge is 2.19. The van der Waals surface area contributed by atoms with E-state index in [1.807, 2.05) is 0 Å². The maximum Gasteiger partial charge on any atom is 0.306 e. The summed E-state index contributed by atoms with van der Waals surface area (Å²) in [4.78, 5) is 38.3. The Morgan fingerprint density at radius 3 is 0.704 bits per heavy atom. The van der Waals surface area contributed by atoms with Gasteiger partial charge in [0.05, 0.1) is 0 Å². The average Bonchev–Trinajstić information content (AvgIpc) is 3.46. The zero-order valence-electron chi connectivity index (χ0n) is 51.7. The third kappa shape index (κ3) is 65.2. The van der Waals surface area contributed by atoms with Gasteiger partial charge in [0.1, 0.15) is 13.2 Å². The van der Waals surface area contributed by atoms with E-state index < -0.39 is 6.10 Å². The van der Waals surface area contributed by atoms with Crippen molar-refractivity contribution in [1.82, 2.24) is 0 Å². The van der Waals surface area contributed by atoms with Crippen molar-refractivity contribution in [3.05, 3.63) is 182 Å². The van der Waals surface area contributed by atoms with Crippen molar-refractivity contribution < 1.29 is 28.6 Å².